The SMILES string of the molecule is Cc1ccc2c(=O)n(C)c(=O)[nH]c2c1. The van der Waals surface area contributed by atoms with Crippen molar-refractivity contribution in [3.05, 3.63) is 44.6 Å². The van der Waals surface area contributed by atoms with Gasteiger partial charge in [-0.05, 0) is 24.6 Å². The Morgan fingerprint density at radius 3 is 2.71 bits per heavy atom. The molecule has 1 heterocycles. The first-order chi connectivity index (χ1) is 6.59. The zero-order valence-electron chi connectivity index (χ0n) is 8.00. The van der Waals surface area contributed by atoms with Crippen molar-refractivity contribution in [1.29, 1.82) is 0 Å². The standard InChI is InChI=1S/C10H10N2O2/c1-6-3-4-7-8(5-6)11-10(14)12(2)9(7)13/h3-5H,1-2H3,(H,11,14). The summed E-state index contributed by atoms with van der Waals surface area (Å²) in [5.41, 5.74) is 0.969. The number of aryl methyl sites for hydroxylation is 1. The number of aromatic amines is 1. The number of rotatable bonds is 0. The summed E-state index contributed by atoms with van der Waals surface area (Å²) in [6.45, 7) is 1.91. The van der Waals surface area contributed by atoms with Crippen LogP contribution in [-0.2, 0) is 7.05 Å². The molecule has 0 saturated heterocycles. The second-order valence-corrected chi connectivity index (χ2v) is 3.34. The van der Waals surface area contributed by atoms with Crippen molar-refractivity contribution in [2.75, 3.05) is 0 Å². The van der Waals surface area contributed by atoms with E-state index in [1.54, 1.807) is 12.1 Å². The molecule has 0 saturated carbocycles. The van der Waals surface area contributed by atoms with Gasteiger partial charge < -0.3 is 4.98 Å². The third kappa shape index (κ3) is 1.16. The molecule has 2 rings (SSSR count). The van der Waals surface area contributed by atoms with Crippen LogP contribution in [0.1, 0.15) is 5.56 Å². The fraction of sp³-hybridized carbons (Fsp3) is 0.200. The minimum absolute atomic E-state index is 0.260. The Morgan fingerprint density at radius 1 is 1.29 bits per heavy atom. The molecule has 0 spiro atoms. The van der Waals surface area contributed by atoms with E-state index in [2.05, 4.69) is 4.98 Å². The molecule has 0 amide bonds. The third-order valence-electron chi connectivity index (χ3n) is 2.26. The molecule has 0 bridgehead atoms. The van der Waals surface area contributed by atoms with Crippen LogP contribution in [-0.4, -0.2) is 9.55 Å². The van der Waals surface area contributed by atoms with Crippen molar-refractivity contribution in [2.24, 2.45) is 7.05 Å². The van der Waals surface area contributed by atoms with Crippen molar-refractivity contribution in [2.45, 2.75) is 6.92 Å². The van der Waals surface area contributed by atoms with Gasteiger partial charge in [0, 0.05) is 7.05 Å². The summed E-state index contributed by atoms with van der Waals surface area (Å²) in [5.74, 6) is 0. The Labute approximate surface area is 79.8 Å². The molecule has 1 N–H and O–H groups in total. The van der Waals surface area contributed by atoms with E-state index < -0.39 is 0 Å². The summed E-state index contributed by atoms with van der Waals surface area (Å²) in [7, 11) is 1.46. The Balaban J connectivity index is 3.06. The van der Waals surface area contributed by atoms with Gasteiger partial charge in [0.05, 0.1) is 10.9 Å². The zero-order valence-corrected chi connectivity index (χ0v) is 8.00. The molecule has 0 fully saturated rings. The van der Waals surface area contributed by atoms with Crippen LogP contribution in [0.15, 0.2) is 27.8 Å². The van der Waals surface area contributed by atoms with Gasteiger partial charge in [-0.3, -0.25) is 9.36 Å². The second-order valence-electron chi connectivity index (χ2n) is 3.34. The summed E-state index contributed by atoms with van der Waals surface area (Å²) in [6.07, 6.45) is 0. The number of nitrogens with one attached hydrogen (secondary N) is 1. The minimum atomic E-state index is -0.381. The highest BCUT2D eigenvalue weighted by molar-refractivity contribution is 5.77. The summed E-state index contributed by atoms with van der Waals surface area (Å²) in [5, 5.41) is 0.540. The van der Waals surface area contributed by atoms with Crippen LogP contribution in [0.5, 0.6) is 0 Å². The van der Waals surface area contributed by atoms with Crippen molar-refractivity contribution in [3.8, 4) is 0 Å². The number of H-pyrrole nitrogens is 1. The molecular weight excluding hydrogens is 180 g/mol. The average Bonchev–Trinajstić information content (AvgIpc) is 2.14. The highest BCUT2D eigenvalue weighted by Crippen LogP contribution is 2.07. The van der Waals surface area contributed by atoms with Crippen molar-refractivity contribution in [3.63, 3.8) is 0 Å². The molecule has 4 nitrogen and oxygen atoms in total. The van der Waals surface area contributed by atoms with Gasteiger partial charge in [-0.2, -0.15) is 0 Å². The smallest absolute Gasteiger partial charge is 0.307 e. The quantitative estimate of drug-likeness (QED) is 0.659. The van der Waals surface area contributed by atoms with Gasteiger partial charge in [0.2, 0.25) is 0 Å². The lowest BCUT2D eigenvalue weighted by Gasteiger charge is -2.00. The fourth-order valence-electron chi connectivity index (χ4n) is 1.42. The van der Waals surface area contributed by atoms with E-state index in [4.69, 9.17) is 0 Å². The first-order valence-corrected chi connectivity index (χ1v) is 4.29. The Hall–Kier alpha value is -1.84. The van der Waals surface area contributed by atoms with Gasteiger partial charge in [0.15, 0.2) is 0 Å². The molecule has 0 aliphatic carbocycles. The summed E-state index contributed by atoms with van der Waals surface area (Å²) in [6, 6.07) is 5.36. The van der Waals surface area contributed by atoms with Crippen LogP contribution in [0, 0.1) is 6.92 Å². The van der Waals surface area contributed by atoms with Crippen LogP contribution in [0.25, 0.3) is 10.9 Å². The van der Waals surface area contributed by atoms with Crippen molar-refractivity contribution in [1.82, 2.24) is 9.55 Å². The number of aromatic nitrogens is 2. The number of nitrogens with zero attached hydrogens (tertiary/aromatic N) is 1. The normalized spacial score (nSPS) is 10.7. The largest absolute Gasteiger partial charge is 0.328 e. The predicted molar refractivity (Wildman–Crippen MR) is 54.5 cm³/mol. The lowest BCUT2D eigenvalue weighted by Crippen LogP contribution is -2.32. The molecule has 0 aliphatic rings. The minimum Gasteiger partial charge on any atom is -0.307 e. The van der Waals surface area contributed by atoms with Gasteiger partial charge in [-0.15, -0.1) is 0 Å². The van der Waals surface area contributed by atoms with Gasteiger partial charge in [0.1, 0.15) is 0 Å². The van der Waals surface area contributed by atoms with E-state index in [1.165, 1.54) is 7.05 Å². The second kappa shape index (κ2) is 2.83. The van der Waals surface area contributed by atoms with Gasteiger partial charge in [-0.25, -0.2) is 4.79 Å². The zero-order chi connectivity index (χ0) is 10.3. The highest BCUT2D eigenvalue weighted by Gasteiger charge is 2.03. The first kappa shape index (κ1) is 8.74. The van der Waals surface area contributed by atoms with Crippen molar-refractivity contribution >= 4 is 10.9 Å². The topological polar surface area (TPSA) is 54.9 Å². The molecule has 1 aromatic heterocycles. The Kier molecular flexibility index (Phi) is 1.77. The van der Waals surface area contributed by atoms with E-state index in [0.717, 1.165) is 10.1 Å². The highest BCUT2D eigenvalue weighted by atomic mass is 16.2. The summed E-state index contributed by atoms with van der Waals surface area (Å²) in [4.78, 5) is 25.5. The number of benzene rings is 1. The van der Waals surface area contributed by atoms with Crippen LogP contribution in [0.2, 0.25) is 0 Å². The summed E-state index contributed by atoms with van der Waals surface area (Å²) < 4.78 is 1.07. The molecule has 72 valence electrons. The fourth-order valence-corrected chi connectivity index (χ4v) is 1.42. The van der Waals surface area contributed by atoms with Gasteiger partial charge in [-0.1, -0.05) is 6.07 Å². The monoisotopic (exact) mass is 190 g/mol. The average molecular weight is 190 g/mol. The maximum absolute atomic E-state index is 11.6. The van der Waals surface area contributed by atoms with E-state index in [1.807, 2.05) is 13.0 Å². The van der Waals surface area contributed by atoms with Crippen LogP contribution >= 0.6 is 0 Å². The van der Waals surface area contributed by atoms with Gasteiger partial charge >= 0.3 is 5.69 Å². The number of hydrogen-bond acceptors (Lipinski definition) is 2. The molecule has 2 aromatic rings. The summed E-state index contributed by atoms with van der Waals surface area (Å²) >= 11 is 0. The van der Waals surface area contributed by atoms with E-state index in [-0.39, 0.29) is 11.2 Å². The molecular formula is C10H10N2O2. The van der Waals surface area contributed by atoms with Crippen LogP contribution in [0.3, 0.4) is 0 Å². The van der Waals surface area contributed by atoms with Crippen LogP contribution in [0.4, 0.5) is 0 Å². The van der Waals surface area contributed by atoms with Crippen LogP contribution < -0.4 is 11.2 Å². The Morgan fingerprint density at radius 2 is 2.00 bits per heavy atom. The molecule has 0 radical (unpaired) electrons. The van der Waals surface area contributed by atoms with E-state index in [9.17, 15) is 9.59 Å². The number of fused-ring (bicyclic) bond motifs is 1. The van der Waals surface area contributed by atoms with Crippen molar-refractivity contribution < 1.29 is 0 Å². The van der Waals surface area contributed by atoms with E-state index >= 15 is 0 Å². The predicted octanol–water partition coefficient (Wildman–Crippen LogP) is 0.535. The Bertz CT molecular complexity index is 608. The van der Waals surface area contributed by atoms with Gasteiger partial charge in [0.25, 0.3) is 5.56 Å². The number of hydrogen-bond donors (Lipinski definition) is 1. The van der Waals surface area contributed by atoms with E-state index in [0.29, 0.717) is 10.9 Å². The molecule has 0 atom stereocenters. The lowest BCUT2D eigenvalue weighted by atomic mass is 10.2. The maximum Gasteiger partial charge on any atom is 0.328 e. The molecule has 0 aliphatic heterocycles. The third-order valence-corrected chi connectivity index (χ3v) is 2.26. The molecule has 1 aromatic carbocycles. The molecule has 0 unspecified atom stereocenters. The lowest BCUT2D eigenvalue weighted by molar-refractivity contribution is 0.794. The maximum atomic E-state index is 11.6. The molecule has 14 heavy (non-hydrogen) atoms. The molecule has 4 heteroatoms. The first-order valence-electron chi connectivity index (χ1n) is 4.29.